The molecule has 11 heteroatoms. The van der Waals surface area contributed by atoms with E-state index in [4.69, 9.17) is 16.3 Å². The first-order chi connectivity index (χ1) is 13.7. The second-order valence-corrected chi connectivity index (χ2v) is 6.27. The fourth-order valence-corrected chi connectivity index (χ4v) is 2.86. The lowest BCUT2D eigenvalue weighted by Gasteiger charge is -2.13. The Balaban J connectivity index is 1.91. The van der Waals surface area contributed by atoms with Gasteiger partial charge in [0, 0.05) is 0 Å². The fraction of sp³-hybridized carbons (Fsp3) is 0.167. The van der Waals surface area contributed by atoms with Crippen molar-refractivity contribution in [2.24, 2.45) is 0 Å². The van der Waals surface area contributed by atoms with Crippen LogP contribution in [0.4, 0.5) is 23.2 Å². The van der Waals surface area contributed by atoms with Crippen LogP contribution in [0.5, 0.6) is 5.88 Å². The van der Waals surface area contributed by atoms with Crippen LogP contribution in [0.25, 0.3) is 0 Å². The van der Waals surface area contributed by atoms with Crippen molar-refractivity contribution in [3.05, 3.63) is 70.4 Å². The number of carbonyl (C=O) groups is 1. The first-order valence-corrected chi connectivity index (χ1v) is 8.45. The molecule has 0 aliphatic heterocycles. The zero-order valence-corrected chi connectivity index (χ0v) is 15.6. The van der Waals surface area contributed by atoms with Crippen LogP contribution in [-0.2, 0) is 12.7 Å². The average molecular weight is 429 g/mol. The van der Waals surface area contributed by atoms with E-state index in [0.29, 0.717) is 4.68 Å². The zero-order valence-electron chi connectivity index (χ0n) is 14.8. The second kappa shape index (κ2) is 8.08. The molecular weight excluding hydrogens is 416 g/mol. The molecule has 29 heavy (non-hydrogen) atoms. The van der Waals surface area contributed by atoms with Crippen LogP contribution < -0.4 is 10.1 Å². The molecule has 0 atom stereocenters. The number of benzene rings is 1. The summed E-state index contributed by atoms with van der Waals surface area (Å²) in [6.45, 7) is -0.365. The Morgan fingerprint density at radius 1 is 1.28 bits per heavy atom. The minimum atomic E-state index is -4.87. The topological polar surface area (TPSA) is 69.0 Å². The van der Waals surface area contributed by atoms with E-state index in [9.17, 15) is 22.4 Å². The molecule has 1 aromatic carbocycles. The first-order valence-electron chi connectivity index (χ1n) is 8.07. The molecule has 1 amide bonds. The molecule has 0 saturated carbocycles. The van der Waals surface area contributed by atoms with Crippen LogP contribution in [0, 0.1) is 5.82 Å². The number of ether oxygens (including phenoxy) is 1. The van der Waals surface area contributed by atoms with Crippen molar-refractivity contribution < 1.29 is 27.1 Å². The van der Waals surface area contributed by atoms with Crippen LogP contribution >= 0.6 is 11.6 Å². The van der Waals surface area contributed by atoms with Crippen molar-refractivity contribution in [1.82, 2.24) is 14.8 Å². The number of halogens is 5. The molecule has 0 spiro atoms. The predicted molar refractivity (Wildman–Crippen MR) is 96.5 cm³/mol. The highest BCUT2D eigenvalue weighted by Crippen LogP contribution is 2.33. The molecule has 152 valence electrons. The number of hydrogen-bond donors (Lipinski definition) is 1. The number of alkyl halides is 3. The number of aromatic nitrogens is 3. The van der Waals surface area contributed by atoms with Gasteiger partial charge in [0.25, 0.3) is 5.91 Å². The number of anilines is 1. The van der Waals surface area contributed by atoms with Gasteiger partial charge in [0.15, 0.2) is 5.69 Å². The Hall–Kier alpha value is -3.14. The SMILES string of the molecule is COc1ncc(NC(=O)c2cnn(Cc3cccc(F)c3)c2C(F)(F)F)cc1Cl. The summed E-state index contributed by atoms with van der Waals surface area (Å²) >= 11 is 5.90. The van der Waals surface area contributed by atoms with Crippen molar-refractivity contribution in [1.29, 1.82) is 0 Å². The van der Waals surface area contributed by atoms with E-state index < -0.39 is 29.2 Å². The molecule has 0 saturated heterocycles. The number of amides is 1. The third kappa shape index (κ3) is 4.65. The van der Waals surface area contributed by atoms with Gasteiger partial charge in [-0.3, -0.25) is 9.48 Å². The highest BCUT2D eigenvalue weighted by molar-refractivity contribution is 6.32. The van der Waals surface area contributed by atoms with Crippen LogP contribution in [-0.4, -0.2) is 27.8 Å². The van der Waals surface area contributed by atoms with E-state index in [1.807, 2.05) is 0 Å². The third-order valence-electron chi connectivity index (χ3n) is 3.83. The molecule has 0 radical (unpaired) electrons. The number of rotatable bonds is 5. The van der Waals surface area contributed by atoms with Crippen molar-refractivity contribution >= 4 is 23.2 Å². The third-order valence-corrected chi connectivity index (χ3v) is 4.10. The molecule has 0 unspecified atom stereocenters. The molecule has 0 aliphatic rings. The zero-order chi connectivity index (χ0) is 21.2. The molecular formula is C18H13ClF4N4O2. The van der Waals surface area contributed by atoms with E-state index >= 15 is 0 Å². The summed E-state index contributed by atoms with van der Waals surface area (Å²) in [6, 6.07) is 6.37. The Bertz CT molecular complexity index is 1050. The number of methoxy groups -OCH3 is 1. The number of pyridine rings is 1. The molecule has 2 heterocycles. The van der Waals surface area contributed by atoms with Gasteiger partial charge in [-0.1, -0.05) is 23.7 Å². The van der Waals surface area contributed by atoms with E-state index in [1.54, 1.807) is 0 Å². The summed E-state index contributed by atoms with van der Waals surface area (Å²) < 4.78 is 59.7. The van der Waals surface area contributed by atoms with Gasteiger partial charge >= 0.3 is 6.18 Å². The summed E-state index contributed by atoms with van der Waals surface area (Å²) in [6.07, 6.45) is -2.88. The Morgan fingerprint density at radius 2 is 2.03 bits per heavy atom. The molecule has 1 N–H and O–H groups in total. The summed E-state index contributed by atoms with van der Waals surface area (Å²) in [4.78, 5) is 16.3. The molecule has 3 rings (SSSR count). The van der Waals surface area contributed by atoms with E-state index in [0.717, 1.165) is 12.3 Å². The van der Waals surface area contributed by atoms with Gasteiger partial charge in [0.1, 0.15) is 10.8 Å². The Kier molecular flexibility index (Phi) is 5.73. The quantitative estimate of drug-likeness (QED) is 0.612. The van der Waals surface area contributed by atoms with Gasteiger partial charge < -0.3 is 10.1 Å². The lowest BCUT2D eigenvalue weighted by molar-refractivity contribution is -0.144. The van der Waals surface area contributed by atoms with Gasteiger partial charge in [-0.25, -0.2) is 9.37 Å². The number of hydrogen-bond acceptors (Lipinski definition) is 4. The summed E-state index contributed by atoms with van der Waals surface area (Å²) in [7, 11) is 1.34. The Morgan fingerprint density at radius 3 is 2.66 bits per heavy atom. The van der Waals surface area contributed by atoms with Gasteiger partial charge in [0.2, 0.25) is 5.88 Å². The normalized spacial score (nSPS) is 11.4. The standard InChI is InChI=1S/C18H13ClF4N4O2/c1-29-17-14(19)6-12(7-24-17)26-16(28)13-8-25-27(15(13)18(21,22)23)9-10-3-2-4-11(20)5-10/h2-8H,9H2,1H3,(H,26,28). The summed E-state index contributed by atoms with van der Waals surface area (Å²) in [5.74, 6) is -1.54. The lowest BCUT2D eigenvalue weighted by Crippen LogP contribution is -2.21. The molecule has 0 bridgehead atoms. The summed E-state index contributed by atoms with van der Waals surface area (Å²) in [5.41, 5.74) is -1.61. The highest BCUT2D eigenvalue weighted by Gasteiger charge is 2.40. The maximum atomic E-state index is 13.6. The van der Waals surface area contributed by atoms with Crippen molar-refractivity contribution in [3.8, 4) is 5.88 Å². The molecule has 2 aromatic heterocycles. The van der Waals surface area contributed by atoms with Crippen molar-refractivity contribution in [2.45, 2.75) is 12.7 Å². The second-order valence-electron chi connectivity index (χ2n) is 5.86. The van der Waals surface area contributed by atoms with Crippen molar-refractivity contribution in [2.75, 3.05) is 12.4 Å². The number of nitrogens with zero attached hydrogens (tertiary/aromatic N) is 3. The Labute approximate surface area is 167 Å². The lowest BCUT2D eigenvalue weighted by atomic mass is 10.2. The minimum Gasteiger partial charge on any atom is -0.480 e. The van der Waals surface area contributed by atoms with Gasteiger partial charge in [0.05, 0.1) is 37.3 Å². The van der Waals surface area contributed by atoms with Gasteiger partial charge in [-0.15, -0.1) is 0 Å². The molecule has 0 fully saturated rings. The van der Waals surface area contributed by atoms with Crippen LogP contribution in [0.3, 0.4) is 0 Å². The first kappa shape index (κ1) is 20.6. The van der Waals surface area contributed by atoms with Crippen molar-refractivity contribution in [3.63, 3.8) is 0 Å². The fourth-order valence-electron chi connectivity index (χ4n) is 2.62. The van der Waals surface area contributed by atoms with Crippen LogP contribution in [0.1, 0.15) is 21.6 Å². The van der Waals surface area contributed by atoms with Gasteiger partial charge in [-0.05, 0) is 23.8 Å². The largest absolute Gasteiger partial charge is 0.480 e. The van der Waals surface area contributed by atoms with Gasteiger partial charge in [-0.2, -0.15) is 18.3 Å². The number of nitrogens with one attached hydrogen (secondary N) is 1. The maximum Gasteiger partial charge on any atom is 0.433 e. The van der Waals surface area contributed by atoms with Crippen LogP contribution in [0.2, 0.25) is 5.02 Å². The van der Waals surface area contributed by atoms with E-state index in [2.05, 4.69) is 15.4 Å². The molecule has 3 aromatic rings. The van der Waals surface area contributed by atoms with E-state index in [-0.39, 0.29) is 28.7 Å². The summed E-state index contributed by atoms with van der Waals surface area (Å²) in [5, 5.41) is 6.03. The minimum absolute atomic E-state index is 0.0724. The van der Waals surface area contributed by atoms with E-state index in [1.165, 1.54) is 37.6 Å². The molecule has 0 aliphatic carbocycles. The van der Waals surface area contributed by atoms with Crippen LogP contribution in [0.15, 0.2) is 42.7 Å². The maximum absolute atomic E-state index is 13.6. The monoisotopic (exact) mass is 428 g/mol. The average Bonchev–Trinajstić information content (AvgIpc) is 3.06. The smallest absolute Gasteiger partial charge is 0.433 e. The number of carbonyl (C=O) groups excluding carboxylic acids is 1. The molecule has 6 nitrogen and oxygen atoms in total. The highest BCUT2D eigenvalue weighted by atomic mass is 35.5. The predicted octanol–water partition coefficient (Wildman–Crippen LogP) is 4.40.